The Balaban J connectivity index is 2.20. The van der Waals surface area contributed by atoms with Crippen molar-refractivity contribution in [1.29, 1.82) is 0 Å². The van der Waals surface area contributed by atoms with Gasteiger partial charge in [-0.1, -0.05) is 11.7 Å². The summed E-state index contributed by atoms with van der Waals surface area (Å²) in [6, 6.07) is 0. The zero-order chi connectivity index (χ0) is 16.3. The number of halogens is 1. The van der Waals surface area contributed by atoms with E-state index in [1.165, 1.54) is 17.2 Å². The molecule has 0 spiro atoms. The molecule has 2 rings (SSSR count). The number of aliphatic hydroxyl groups is 2. The molecule has 0 aromatic heterocycles. The average Bonchev–Trinajstić information content (AvgIpc) is 2.73. The Bertz CT molecular complexity index is 561. The fraction of sp³-hybridized carbons (Fsp3) is 0.583. The molecule has 4 N–H and O–H groups in total. The van der Waals surface area contributed by atoms with E-state index in [-0.39, 0.29) is 24.6 Å². The minimum absolute atomic E-state index is 0.0267. The second-order valence-electron chi connectivity index (χ2n) is 5.00. The van der Waals surface area contributed by atoms with E-state index in [1.54, 1.807) is 0 Å². The molecule has 10 heteroatoms. The van der Waals surface area contributed by atoms with E-state index in [0.29, 0.717) is 0 Å². The molecule has 0 aromatic carbocycles. The van der Waals surface area contributed by atoms with Crippen LogP contribution in [0.5, 0.6) is 0 Å². The SMILES string of the molecule is C=C1N=C(N)C=CN1[C@@H]1O[C@@](CO)(CCN=[N+]=[N-])[C@@H](O)[C@H]1F. The summed E-state index contributed by atoms with van der Waals surface area (Å²) in [5, 5.41) is 23.0. The summed E-state index contributed by atoms with van der Waals surface area (Å²) in [5.74, 6) is 0.371. The number of rotatable bonds is 5. The molecule has 0 amide bonds. The molecule has 22 heavy (non-hydrogen) atoms. The van der Waals surface area contributed by atoms with Crippen molar-refractivity contribution >= 4 is 5.84 Å². The molecule has 2 heterocycles. The summed E-state index contributed by atoms with van der Waals surface area (Å²) in [7, 11) is 0. The minimum Gasteiger partial charge on any atom is -0.393 e. The molecule has 120 valence electrons. The van der Waals surface area contributed by atoms with Crippen molar-refractivity contribution < 1.29 is 19.3 Å². The van der Waals surface area contributed by atoms with Crippen LogP contribution in [0.3, 0.4) is 0 Å². The molecule has 0 aliphatic carbocycles. The molecule has 2 aliphatic heterocycles. The van der Waals surface area contributed by atoms with Crippen LogP contribution in [0.25, 0.3) is 10.4 Å². The number of hydrogen-bond donors (Lipinski definition) is 3. The van der Waals surface area contributed by atoms with E-state index in [4.69, 9.17) is 16.0 Å². The lowest BCUT2D eigenvalue weighted by molar-refractivity contribution is -0.136. The molecule has 2 aliphatic rings. The highest BCUT2D eigenvalue weighted by Crippen LogP contribution is 2.38. The first kappa shape index (κ1) is 16.2. The highest BCUT2D eigenvalue weighted by molar-refractivity contribution is 5.92. The summed E-state index contributed by atoms with van der Waals surface area (Å²) in [4.78, 5) is 7.77. The van der Waals surface area contributed by atoms with Crippen molar-refractivity contribution in [2.45, 2.75) is 30.5 Å². The van der Waals surface area contributed by atoms with Crippen LogP contribution in [-0.4, -0.2) is 58.2 Å². The standard InChI is InChI=1S/C12H17FN6O3/c1-7-17-8(14)2-5-19(7)11-9(13)10(21)12(6-20,22-11)3-4-16-18-15/h2,5,9-11,20-21H,1,3-4,6H2,(H2,14,17)/t9-,10+,11-,12-/m1/s1. The van der Waals surface area contributed by atoms with Gasteiger partial charge in [0.15, 0.2) is 12.4 Å². The van der Waals surface area contributed by atoms with Crippen LogP contribution >= 0.6 is 0 Å². The number of azide groups is 1. The lowest BCUT2D eigenvalue weighted by atomic mass is 9.93. The monoisotopic (exact) mass is 312 g/mol. The fourth-order valence-corrected chi connectivity index (χ4v) is 2.45. The molecule has 0 radical (unpaired) electrons. The van der Waals surface area contributed by atoms with Gasteiger partial charge in [-0.05, 0) is 18.0 Å². The topological polar surface area (TPSA) is 140 Å². The van der Waals surface area contributed by atoms with E-state index in [2.05, 4.69) is 21.6 Å². The molecular weight excluding hydrogens is 295 g/mol. The molecule has 0 bridgehead atoms. The van der Waals surface area contributed by atoms with Crippen molar-refractivity contribution in [3.8, 4) is 0 Å². The lowest BCUT2D eigenvalue weighted by Crippen LogP contribution is -2.46. The van der Waals surface area contributed by atoms with Crippen LogP contribution in [-0.2, 0) is 4.74 Å². The second kappa shape index (κ2) is 6.32. The third-order valence-corrected chi connectivity index (χ3v) is 3.67. The third kappa shape index (κ3) is 2.77. The first-order chi connectivity index (χ1) is 10.4. The second-order valence-corrected chi connectivity index (χ2v) is 5.00. The van der Waals surface area contributed by atoms with E-state index in [9.17, 15) is 14.6 Å². The number of hydrogen-bond acceptors (Lipinski definition) is 7. The molecule has 0 saturated carbocycles. The van der Waals surface area contributed by atoms with Crippen LogP contribution in [0, 0.1) is 0 Å². The molecule has 0 unspecified atom stereocenters. The number of aliphatic imine (C=N–C) groups is 1. The fourth-order valence-electron chi connectivity index (χ4n) is 2.45. The van der Waals surface area contributed by atoms with Gasteiger partial charge in [0.1, 0.15) is 23.4 Å². The van der Waals surface area contributed by atoms with Crippen LogP contribution in [0.2, 0.25) is 0 Å². The maximum Gasteiger partial charge on any atom is 0.174 e. The first-order valence-corrected chi connectivity index (χ1v) is 6.56. The Kier molecular flexibility index (Phi) is 4.67. The summed E-state index contributed by atoms with van der Waals surface area (Å²) in [6.07, 6.45) is -1.75. The zero-order valence-electron chi connectivity index (χ0n) is 11.7. The van der Waals surface area contributed by atoms with E-state index in [0.717, 1.165) is 0 Å². The number of nitrogens with zero attached hydrogens (tertiary/aromatic N) is 5. The minimum atomic E-state index is -1.81. The van der Waals surface area contributed by atoms with Crippen LogP contribution < -0.4 is 5.73 Å². The average molecular weight is 312 g/mol. The van der Waals surface area contributed by atoms with Crippen molar-refractivity contribution in [2.75, 3.05) is 13.2 Å². The number of nitrogens with two attached hydrogens (primary N) is 1. The molecule has 1 fully saturated rings. The van der Waals surface area contributed by atoms with Gasteiger partial charge in [0.25, 0.3) is 0 Å². The lowest BCUT2D eigenvalue weighted by Gasteiger charge is -2.32. The van der Waals surface area contributed by atoms with Gasteiger partial charge in [-0.3, -0.25) is 0 Å². The predicted molar refractivity (Wildman–Crippen MR) is 76.0 cm³/mol. The Morgan fingerprint density at radius 3 is 3.00 bits per heavy atom. The van der Waals surface area contributed by atoms with E-state index in [1.807, 2.05) is 0 Å². The van der Waals surface area contributed by atoms with Gasteiger partial charge >= 0.3 is 0 Å². The highest BCUT2D eigenvalue weighted by Gasteiger charge is 2.56. The van der Waals surface area contributed by atoms with Gasteiger partial charge in [-0.15, -0.1) is 0 Å². The summed E-state index contributed by atoms with van der Waals surface area (Å²) in [6.45, 7) is 2.98. The van der Waals surface area contributed by atoms with Gasteiger partial charge < -0.3 is 25.6 Å². The van der Waals surface area contributed by atoms with E-state index < -0.39 is 30.7 Å². The van der Waals surface area contributed by atoms with Crippen LogP contribution in [0.4, 0.5) is 4.39 Å². The molecule has 4 atom stereocenters. The smallest absolute Gasteiger partial charge is 0.174 e. The normalized spacial score (nSPS) is 34.5. The van der Waals surface area contributed by atoms with Crippen LogP contribution in [0.15, 0.2) is 34.8 Å². The highest BCUT2D eigenvalue weighted by atomic mass is 19.1. The predicted octanol–water partition coefficient (Wildman–Crippen LogP) is 0.131. The molecule has 9 nitrogen and oxygen atoms in total. The van der Waals surface area contributed by atoms with E-state index >= 15 is 0 Å². The third-order valence-electron chi connectivity index (χ3n) is 3.67. The largest absolute Gasteiger partial charge is 0.393 e. The summed E-state index contributed by atoms with van der Waals surface area (Å²) < 4.78 is 20.0. The van der Waals surface area contributed by atoms with Gasteiger partial charge in [0, 0.05) is 17.7 Å². The quantitative estimate of drug-likeness (QED) is 0.376. The first-order valence-electron chi connectivity index (χ1n) is 6.56. The number of amidine groups is 1. The zero-order valence-corrected chi connectivity index (χ0v) is 11.7. The van der Waals surface area contributed by atoms with Gasteiger partial charge in [-0.25, -0.2) is 9.38 Å². The van der Waals surface area contributed by atoms with Crippen molar-refractivity contribution in [3.05, 3.63) is 35.1 Å². The maximum absolute atomic E-state index is 14.4. The Morgan fingerprint density at radius 1 is 1.68 bits per heavy atom. The Hall–Kier alpha value is -2.13. The van der Waals surface area contributed by atoms with Crippen molar-refractivity contribution in [1.82, 2.24) is 4.90 Å². The van der Waals surface area contributed by atoms with Gasteiger partial charge in [-0.2, -0.15) is 0 Å². The van der Waals surface area contributed by atoms with Gasteiger partial charge in [0.2, 0.25) is 0 Å². The van der Waals surface area contributed by atoms with Crippen LogP contribution in [0.1, 0.15) is 6.42 Å². The number of alkyl halides is 1. The van der Waals surface area contributed by atoms with Crippen molar-refractivity contribution in [2.24, 2.45) is 15.8 Å². The number of aliphatic hydroxyl groups excluding tert-OH is 2. The summed E-state index contributed by atoms with van der Waals surface area (Å²) in [5.41, 5.74) is 12.3. The molecule has 1 saturated heterocycles. The Morgan fingerprint density at radius 2 is 2.41 bits per heavy atom. The summed E-state index contributed by atoms with van der Waals surface area (Å²) >= 11 is 0. The maximum atomic E-state index is 14.4. The molecular formula is C12H17FN6O3. The molecule has 0 aromatic rings. The van der Waals surface area contributed by atoms with Gasteiger partial charge in [0.05, 0.1) is 6.61 Å². The number of ether oxygens (including phenoxy) is 1. The van der Waals surface area contributed by atoms with Crippen molar-refractivity contribution in [3.63, 3.8) is 0 Å². The Labute approximate surface area is 125 Å².